The van der Waals surface area contributed by atoms with E-state index in [9.17, 15) is 13.2 Å². The smallest absolute Gasteiger partial charge is 0.324 e. The van der Waals surface area contributed by atoms with Crippen molar-refractivity contribution >= 4 is 22.1 Å². The van der Waals surface area contributed by atoms with Gasteiger partial charge in [0.1, 0.15) is 6.04 Å². The van der Waals surface area contributed by atoms with E-state index in [2.05, 4.69) is 0 Å². The Kier molecular flexibility index (Phi) is 5.14. The Balaban J connectivity index is 2.20. The van der Waals surface area contributed by atoms with Gasteiger partial charge in [0.25, 0.3) is 0 Å². The van der Waals surface area contributed by atoms with Crippen LogP contribution in [-0.4, -0.2) is 38.4 Å². The molecule has 1 atom stereocenters. The van der Waals surface area contributed by atoms with Gasteiger partial charge < -0.3 is 4.74 Å². The van der Waals surface area contributed by atoms with Crippen LogP contribution in [0.25, 0.3) is 6.08 Å². The summed E-state index contributed by atoms with van der Waals surface area (Å²) in [4.78, 5) is 11.7. The standard InChI is InChI=1S/C15H19NO4S/c1-20-15(17)14-9-5-6-11-16(14)21(18,19)12-10-13-7-3-2-4-8-13/h2-4,7-8,10,12,14H,5-6,9,11H2,1H3. The molecule has 1 aromatic carbocycles. The maximum absolute atomic E-state index is 12.4. The van der Waals surface area contributed by atoms with Crippen LogP contribution in [0, 0.1) is 0 Å². The van der Waals surface area contributed by atoms with E-state index in [1.54, 1.807) is 0 Å². The van der Waals surface area contributed by atoms with Gasteiger partial charge in [0.2, 0.25) is 10.0 Å². The Morgan fingerprint density at radius 2 is 2.00 bits per heavy atom. The van der Waals surface area contributed by atoms with Crippen LogP contribution in [0.15, 0.2) is 35.7 Å². The van der Waals surface area contributed by atoms with Gasteiger partial charge in [-0.3, -0.25) is 4.79 Å². The van der Waals surface area contributed by atoms with Crippen LogP contribution in [-0.2, 0) is 19.6 Å². The molecule has 1 aliphatic rings. The molecule has 0 N–H and O–H groups in total. The Morgan fingerprint density at radius 1 is 1.29 bits per heavy atom. The van der Waals surface area contributed by atoms with E-state index >= 15 is 0 Å². The minimum Gasteiger partial charge on any atom is -0.468 e. The number of esters is 1. The highest BCUT2D eigenvalue weighted by Crippen LogP contribution is 2.22. The molecule has 0 aliphatic carbocycles. The number of ether oxygens (including phenoxy) is 1. The molecule has 0 amide bonds. The summed E-state index contributed by atoms with van der Waals surface area (Å²) in [6.45, 7) is 0.348. The molecule has 0 aromatic heterocycles. The molecule has 0 saturated carbocycles. The molecule has 0 spiro atoms. The summed E-state index contributed by atoms with van der Waals surface area (Å²) in [5.74, 6) is -0.494. The third-order valence-corrected chi connectivity index (χ3v) is 5.06. The third kappa shape index (κ3) is 3.92. The van der Waals surface area contributed by atoms with Crippen LogP contribution in [0.2, 0.25) is 0 Å². The average Bonchev–Trinajstić information content (AvgIpc) is 2.53. The van der Waals surface area contributed by atoms with Crippen molar-refractivity contribution in [2.45, 2.75) is 25.3 Å². The highest BCUT2D eigenvalue weighted by atomic mass is 32.2. The lowest BCUT2D eigenvalue weighted by Gasteiger charge is -2.31. The molecule has 1 heterocycles. The van der Waals surface area contributed by atoms with E-state index in [0.29, 0.717) is 13.0 Å². The second-order valence-electron chi connectivity index (χ2n) is 4.90. The highest BCUT2D eigenvalue weighted by molar-refractivity contribution is 7.92. The van der Waals surface area contributed by atoms with Gasteiger partial charge in [0.15, 0.2) is 0 Å². The van der Waals surface area contributed by atoms with Crippen LogP contribution in [0.5, 0.6) is 0 Å². The van der Waals surface area contributed by atoms with Gasteiger partial charge in [0.05, 0.1) is 7.11 Å². The number of methoxy groups -OCH3 is 1. The second-order valence-corrected chi connectivity index (χ2v) is 6.67. The van der Waals surface area contributed by atoms with Gasteiger partial charge in [-0.2, -0.15) is 4.31 Å². The van der Waals surface area contributed by atoms with Crippen LogP contribution < -0.4 is 0 Å². The van der Waals surface area contributed by atoms with Crippen molar-refractivity contribution in [2.24, 2.45) is 0 Å². The normalized spacial score (nSPS) is 20.5. The maximum Gasteiger partial charge on any atom is 0.324 e. The molecule has 1 aliphatic heterocycles. The van der Waals surface area contributed by atoms with Gasteiger partial charge in [-0.15, -0.1) is 0 Å². The van der Waals surface area contributed by atoms with Crippen molar-refractivity contribution < 1.29 is 17.9 Å². The first-order valence-electron chi connectivity index (χ1n) is 6.87. The number of hydrogen-bond acceptors (Lipinski definition) is 4. The number of carbonyl (C=O) groups excluding carboxylic acids is 1. The Labute approximate surface area is 125 Å². The van der Waals surface area contributed by atoms with E-state index in [0.717, 1.165) is 23.8 Å². The largest absolute Gasteiger partial charge is 0.468 e. The molecular formula is C15H19NO4S. The molecule has 1 unspecified atom stereocenters. The molecule has 0 radical (unpaired) electrons. The number of nitrogens with zero attached hydrogens (tertiary/aromatic N) is 1. The van der Waals surface area contributed by atoms with Crippen molar-refractivity contribution in [3.05, 3.63) is 41.3 Å². The summed E-state index contributed by atoms with van der Waals surface area (Å²) in [5.41, 5.74) is 0.799. The average molecular weight is 309 g/mol. The van der Waals surface area contributed by atoms with Crippen molar-refractivity contribution in [3.63, 3.8) is 0 Å². The topological polar surface area (TPSA) is 63.7 Å². The Bertz CT molecular complexity index is 610. The van der Waals surface area contributed by atoms with Crippen molar-refractivity contribution in [1.29, 1.82) is 0 Å². The van der Waals surface area contributed by atoms with Gasteiger partial charge in [-0.25, -0.2) is 8.42 Å². The number of sulfonamides is 1. The van der Waals surface area contributed by atoms with Gasteiger partial charge in [-0.1, -0.05) is 30.3 Å². The fourth-order valence-electron chi connectivity index (χ4n) is 2.39. The molecular weight excluding hydrogens is 290 g/mol. The first-order chi connectivity index (χ1) is 10.0. The molecule has 114 valence electrons. The van der Waals surface area contributed by atoms with Crippen molar-refractivity contribution in [3.8, 4) is 0 Å². The molecule has 1 saturated heterocycles. The number of piperidine rings is 1. The highest BCUT2D eigenvalue weighted by Gasteiger charge is 2.36. The SMILES string of the molecule is COC(=O)C1CCCCN1S(=O)(=O)C=Cc1ccccc1. The number of carbonyl (C=O) groups is 1. The molecule has 2 rings (SSSR count). The minimum absolute atomic E-state index is 0.348. The zero-order valence-electron chi connectivity index (χ0n) is 11.9. The lowest BCUT2D eigenvalue weighted by molar-refractivity contribution is -0.146. The molecule has 0 bridgehead atoms. The predicted molar refractivity (Wildman–Crippen MR) is 80.8 cm³/mol. The maximum atomic E-state index is 12.4. The molecule has 1 fully saturated rings. The minimum atomic E-state index is -3.63. The second kappa shape index (κ2) is 6.87. The third-order valence-electron chi connectivity index (χ3n) is 3.49. The fourth-order valence-corrected chi connectivity index (χ4v) is 3.80. The van der Waals surface area contributed by atoms with Crippen molar-refractivity contribution in [2.75, 3.05) is 13.7 Å². The quantitative estimate of drug-likeness (QED) is 0.798. The van der Waals surface area contributed by atoms with Gasteiger partial charge in [0, 0.05) is 12.0 Å². The monoisotopic (exact) mass is 309 g/mol. The van der Waals surface area contributed by atoms with Crippen LogP contribution >= 0.6 is 0 Å². The summed E-state index contributed by atoms with van der Waals surface area (Å²) in [6.07, 6.45) is 3.63. The van der Waals surface area contributed by atoms with E-state index in [1.807, 2.05) is 30.3 Å². The summed E-state index contributed by atoms with van der Waals surface area (Å²) >= 11 is 0. The van der Waals surface area contributed by atoms with Gasteiger partial charge in [-0.05, 0) is 30.9 Å². The summed E-state index contributed by atoms with van der Waals surface area (Å²) in [6, 6.07) is 8.47. The summed E-state index contributed by atoms with van der Waals surface area (Å²) in [5, 5.41) is 1.16. The van der Waals surface area contributed by atoms with E-state index in [4.69, 9.17) is 4.74 Å². The summed E-state index contributed by atoms with van der Waals surface area (Å²) < 4.78 is 30.8. The predicted octanol–water partition coefficient (Wildman–Crippen LogP) is 2.01. The lowest BCUT2D eigenvalue weighted by Crippen LogP contribution is -2.47. The van der Waals surface area contributed by atoms with E-state index < -0.39 is 22.0 Å². The van der Waals surface area contributed by atoms with Crippen LogP contribution in [0.3, 0.4) is 0 Å². The van der Waals surface area contributed by atoms with Crippen LogP contribution in [0.4, 0.5) is 0 Å². The Hall–Kier alpha value is -1.66. The molecule has 1 aromatic rings. The first-order valence-corrected chi connectivity index (χ1v) is 8.38. The Morgan fingerprint density at radius 3 is 2.67 bits per heavy atom. The van der Waals surface area contributed by atoms with Gasteiger partial charge >= 0.3 is 5.97 Å². The number of benzene rings is 1. The molecule has 6 heteroatoms. The zero-order chi connectivity index (χ0) is 15.3. The number of hydrogen-bond donors (Lipinski definition) is 0. The molecule has 21 heavy (non-hydrogen) atoms. The molecule has 5 nitrogen and oxygen atoms in total. The van der Waals surface area contributed by atoms with Crippen molar-refractivity contribution in [1.82, 2.24) is 4.31 Å². The zero-order valence-corrected chi connectivity index (χ0v) is 12.8. The first kappa shape index (κ1) is 15.7. The van der Waals surface area contributed by atoms with E-state index in [1.165, 1.54) is 17.5 Å². The summed E-state index contributed by atoms with van der Waals surface area (Å²) in [7, 11) is -2.35. The number of rotatable bonds is 4. The lowest BCUT2D eigenvalue weighted by atomic mass is 10.1. The van der Waals surface area contributed by atoms with Crippen LogP contribution in [0.1, 0.15) is 24.8 Å². The van der Waals surface area contributed by atoms with E-state index in [-0.39, 0.29) is 0 Å². The fraction of sp³-hybridized carbons (Fsp3) is 0.400.